The van der Waals surface area contributed by atoms with Crippen LogP contribution < -0.4 is 5.32 Å². The number of nitrogens with zero attached hydrogens (tertiary/aromatic N) is 1. The number of carbonyl (C=O) groups excluding carboxylic acids is 1. The minimum absolute atomic E-state index is 0. The molecule has 1 atom stereocenters. The summed E-state index contributed by atoms with van der Waals surface area (Å²) < 4.78 is 5.32. The van der Waals surface area contributed by atoms with Crippen LogP contribution in [-0.2, 0) is 27.5 Å². The fourth-order valence-corrected chi connectivity index (χ4v) is 1.78. The molecule has 1 unspecified atom stereocenters. The number of halogens is 1. The second-order valence-corrected chi connectivity index (χ2v) is 5.16. The Bertz CT molecular complexity index is 493. The van der Waals surface area contributed by atoms with Crippen molar-refractivity contribution in [3.05, 3.63) is 35.4 Å². The molecule has 130 valence electrons. The minimum atomic E-state index is -0.944. The van der Waals surface area contributed by atoms with E-state index in [-0.39, 0.29) is 24.9 Å². The van der Waals surface area contributed by atoms with Gasteiger partial charge in [-0.3, -0.25) is 14.5 Å². The summed E-state index contributed by atoms with van der Waals surface area (Å²) in [7, 11) is 1.61. The van der Waals surface area contributed by atoms with E-state index in [2.05, 4.69) is 5.32 Å². The standard InChI is InChI=1S/C16H24N2O4.ClH/c1-4-22-11-14-7-5-13(6-8-14)9-17-15(19)10-18(3)12(2)16(20)21;/h5-8,12H,4,9-11H2,1-3H3,(H,17,19)(H,20,21);1H. The Morgan fingerprint density at radius 1 is 1.26 bits per heavy atom. The van der Waals surface area contributed by atoms with Crippen LogP contribution in [0.5, 0.6) is 0 Å². The van der Waals surface area contributed by atoms with E-state index in [1.54, 1.807) is 14.0 Å². The molecule has 23 heavy (non-hydrogen) atoms. The van der Waals surface area contributed by atoms with E-state index in [4.69, 9.17) is 9.84 Å². The second-order valence-electron chi connectivity index (χ2n) is 5.16. The summed E-state index contributed by atoms with van der Waals surface area (Å²) in [4.78, 5) is 24.1. The molecule has 0 aliphatic rings. The number of nitrogens with one attached hydrogen (secondary N) is 1. The van der Waals surface area contributed by atoms with Gasteiger partial charge in [-0.1, -0.05) is 24.3 Å². The first-order chi connectivity index (χ1) is 10.4. The molecule has 0 fully saturated rings. The maximum atomic E-state index is 11.8. The highest BCUT2D eigenvalue weighted by molar-refractivity contribution is 5.85. The highest BCUT2D eigenvalue weighted by Gasteiger charge is 2.18. The number of carboxylic acid groups (broad SMARTS) is 1. The van der Waals surface area contributed by atoms with Gasteiger partial charge in [0.25, 0.3) is 0 Å². The largest absolute Gasteiger partial charge is 0.480 e. The van der Waals surface area contributed by atoms with Crippen LogP contribution in [-0.4, -0.2) is 48.1 Å². The molecule has 0 saturated heterocycles. The van der Waals surface area contributed by atoms with Crippen molar-refractivity contribution in [2.24, 2.45) is 0 Å². The fraction of sp³-hybridized carbons (Fsp3) is 0.500. The lowest BCUT2D eigenvalue weighted by molar-refractivity contribution is -0.142. The van der Waals surface area contributed by atoms with E-state index in [1.807, 2.05) is 31.2 Å². The third kappa shape index (κ3) is 7.97. The van der Waals surface area contributed by atoms with Crippen molar-refractivity contribution in [3.63, 3.8) is 0 Å². The summed E-state index contributed by atoms with van der Waals surface area (Å²) in [6.45, 7) is 5.23. The normalized spacial score (nSPS) is 11.7. The Labute approximate surface area is 143 Å². The number of benzene rings is 1. The molecule has 0 heterocycles. The molecule has 0 radical (unpaired) electrons. The van der Waals surface area contributed by atoms with E-state index < -0.39 is 12.0 Å². The lowest BCUT2D eigenvalue weighted by Crippen LogP contribution is -2.42. The second kappa shape index (κ2) is 11.0. The van der Waals surface area contributed by atoms with Gasteiger partial charge in [-0.05, 0) is 32.0 Å². The van der Waals surface area contributed by atoms with Gasteiger partial charge in [0.1, 0.15) is 6.04 Å². The summed E-state index contributed by atoms with van der Waals surface area (Å²) in [5, 5.41) is 11.7. The van der Waals surface area contributed by atoms with Crippen LogP contribution in [0.2, 0.25) is 0 Å². The molecule has 0 aliphatic heterocycles. The Morgan fingerprint density at radius 2 is 1.83 bits per heavy atom. The zero-order chi connectivity index (χ0) is 16.5. The van der Waals surface area contributed by atoms with Gasteiger partial charge in [-0.2, -0.15) is 0 Å². The molecule has 1 aromatic carbocycles. The van der Waals surface area contributed by atoms with E-state index in [0.29, 0.717) is 19.8 Å². The molecule has 0 aliphatic carbocycles. The summed E-state index contributed by atoms with van der Waals surface area (Å²) in [6.07, 6.45) is 0. The van der Waals surface area contributed by atoms with Gasteiger partial charge in [0, 0.05) is 13.2 Å². The zero-order valence-electron chi connectivity index (χ0n) is 13.7. The predicted octanol–water partition coefficient (Wildman–Crippen LogP) is 1.67. The summed E-state index contributed by atoms with van der Waals surface area (Å²) in [5.41, 5.74) is 2.08. The number of hydrogen-bond acceptors (Lipinski definition) is 4. The van der Waals surface area contributed by atoms with E-state index in [1.165, 1.54) is 4.90 Å². The van der Waals surface area contributed by atoms with Gasteiger partial charge in [0.05, 0.1) is 13.2 Å². The molecule has 0 aromatic heterocycles. The van der Waals surface area contributed by atoms with Crippen molar-refractivity contribution in [1.82, 2.24) is 10.2 Å². The van der Waals surface area contributed by atoms with Crippen molar-refractivity contribution in [1.29, 1.82) is 0 Å². The maximum Gasteiger partial charge on any atom is 0.320 e. The molecule has 6 nitrogen and oxygen atoms in total. The third-order valence-corrected chi connectivity index (χ3v) is 3.40. The Hall–Kier alpha value is -1.63. The number of hydrogen-bond donors (Lipinski definition) is 2. The summed E-state index contributed by atoms with van der Waals surface area (Å²) >= 11 is 0. The van der Waals surface area contributed by atoms with Gasteiger partial charge in [0.2, 0.25) is 5.91 Å². The summed E-state index contributed by atoms with van der Waals surface area (Å²) in [5.74, 6) is -1.14. The van der Waals surface area contributed by atoms with Gasteiger partial charge in [0.15, 0.2) is 0 Å². The maximum absolute atomic E-state index is 11.8. The monoisotopic (exact) mass is 344 g/mol. The van der Waals surface area contributed by atoms with Crippen LogP contribution in [0.15, 0.2) is 24.3 Å². The van der Waals surface area contributed by atoms with Crippen LogP contribution in [0.1, 0.15) is 25.0 Å². The van der Waals surface area contributed by atoms with Crippen molar-refractivity contribution < 1.29 is 19.4 Å². The molecule has 0 spiro atoms. The number of carboxylic acids is 1. The highest BCUT2D eigenvalue weighted by atomic mass is 35.5. The Balaban J connectivity index is 0.00000484. The molecule has 0 bridgehead atoms. The zero-order valence-corrected chi connectivity index (χ0v) is 14.6. The van der Waals surface area contributed by atoms with Gasteiger partial charge >= 0.3 is 5.97 Å². The predicted molar refractivity (Wildman–Crippen MR) is 90.6 cm³/mol. The third-order valence-electron chi connectivity index (χ3n) is 3.40. The molecule has 2 N–H and O–H groups in total. The lowest BCUT2D eigenvalue weighted by Gasteiger charge is -2.20. The van der Waals surface area contributed by atoms with Crippen LogP contribution in [0.3, 0.4) is 0 Å². The molecule has 1 aromatic rings. The molecule has 7 heteroatoms. The van der Waals surface area contributed by atoms with Crippen LogP contribution in [0.25, 0.3) is 0 Å². The Morgan fingerprint density at radius 3 is 2.35 bits per heavy atom. The van der Waals surface area contributed by atoms with E-state index in [0.717, 1.165) is 11.1 Å². The van der Waals surface area contributed by atoms with Crippen molar-refractivity contribution in [2.45, 2.75) is 33.0 Å². The summed E-state index contributed by atoms with van der Waals surface area (Å²) in [6, 6.07) is 7.13. The first kappa shape index (κ1) is 21.4. The fourth-order valence-electron chi connectivity index (χ4n) is 1.78. The van der Waals surface area contributed by atoms with Crippen molar-refractivity contribution in [2.75, 3.05) is 20.2 Å². The average Bonchev–Trinajstić information content (AvgIpc) is 2.50. The SMILES string of the molecule is CCOCc1ccc(CNC(=O)CN(C)C(C)C(=O)O)cc1.Cl. The quantitative estimate of drug-likeness (QED) is 0.712. The molecule has 1 amide bonds. The number of rotatable bonds is 9. The van der Waals surface area contributed by atoms with Crippen molar-refractivity contribution >= 4 is 24.3 Å². The van der Waals surface area contributed by atoms with Gasteiger partial charge in [-0.25, -0.2) is 0 Å². The van der Waals surface area contributed by atoms with Crippen LogP contribution in [0.4, 0.5) is 0 Å². The molecule has 1 rings (SSSR count). The number of carbonyl (C=O) groups is 2. The van der Waals surface area contributed by atoms with Crippen LogP contribution in [0, 0.1) is 0 Å². The molecular weight excluding hydrogens is 320 g/mol. The molecular formula is C16H25ClN2O4. The number of ether oxygens (including phenoxy) is 1. The number of amides is 1. The van der Waals surface area contributed by atoms with Crippen LogP contribution >= 0.6 is 12.4 Å². The Kier molecular flexibility index (Phi) is 10.2. The van der Waals surface area contributed by atoms with Crippen molar-refractivity contribution in [3.8, 4) is 0 Å². The first-order valence-corrected chi connectivity index (χ1v) is 7.29. The van der Waals surface area contributed by atoms with E-state index >= 15 is 0 Å². The van der Waals surface area contributed by atoms with E-state index in [9.17, 15) is 9.59 Å². The lowest BCUT2D eigenvalue weighted by atomic mass is 10.1. The van der Waals surface area contributed by atoms with Gasteiger partial charge < -0.3 is 15.2 Å². The minimum Gasteiger partial charge on any atom is -0.480 e. The smallest absolute Gasteiger partial charge is 0.320 e. The van der Waals surface area contributed by atoms with Gasteiger partial charge in [-0.15, -0.1) is 12.4 Å². The highest BCUT2D eigenvalue weighted by Crippen LogP contribution is 2.05. The average molecular weight is 345 g/mol. The molecule has 0 saturated carbocycles. The first-order valence-electron chi connectivity index (χ1n) is 7.29. The number of likely N-dealkylation sites (N-methyl/N-ethyl adjacent to an activating group) is 1. The number of aliphatic carboxylic acids is 1. The topological polar surface area (TPSA) is 78.9 Å².